The van der Waals surface area contributed by atoms with Crippen molar-refractivity contribution >= 4 is 47.8 Å². The van der Waals surface area contributed by atoms with Crippen molar-refractivity contribution in [3.8, 4) is 0 Å². The molecule has 1 rings (SSSR count). The van der Waals surface area contributed by atoms with E-state index in [4.69, 9.17) is 0 Å². The van der Waals surface area contributed by atoms with Gasteiger partial charge in [-0.15, -0.1) is 0 Å². The smallest absolute Gasteiger partial charge is 0.0421 e. The van der Waals surface area contributed by atoms with E-state index in [1.165, 1.54) is 19.3 Å². The summed E-state index contributed by atoms with van der Waals surface area (Å²) in [4.78, 5) is 1.19. The molecule has 10 heavy (non-hydrogen) atoms. The molecule has 1 saturated carbocycles. The highest BCUT2D eigenvalue weighted by Gasteiger charge is 2.37. The van der Waals surface area contributed by atoms with Crippen LogP contribution in [0.5, 0.6) is 0 Å². The van der Waals surface area contributed by atoms with Gasteiger partial charge in [-0.1, -0.05) is 54.2 Å². The maximum Gasteiger partial charge on any atom is 0.0421 e. The molecular weight excluding hydrogens is 324 g/mol. The lowest BCUT2D eigenvalue weighted by Gasteiger charge is -2.36. The fourth-order valence-electron chi connectivity index (χ4n) is 1.30. The van der Waals surface area contributed by atoms with Crippen molar-refractivity contribution < 1.29 is 0 Å². The first-order chi connectivity index (χ1) is 4.54. The van der Waals surface area contributed by atoms with E-state index < -0.39 is 0 Å². The molecule has 3 atom stereocenters. The molecule has 0 bridgehead atoms. The second-order valence-corrected chi connectivity index (χ2v) is 7.06. The minimum Gasteiger partial charge on any atom is -0.0878 e. The Morgan fingerprint density at radius 2 is 2.00 bits per heavy atom. The Bertz CT molecular complexity index is 122. The van der Waals surface area contributed by atoms with Gasteiger partial charge >= 0.3 is 0 Å². The van der Waals surface area contributed by atoms with E-state index in [1.807, 2.05) is 0 Å². The minimum atomic E-state index is 0.291. The summed E-state index contributed by atoms with van der Waals surface area (Å²) in [7, 11) is 0. The third-order valence-corrected chi connectivity index (χ3v) is 6.89. The standard InChI is InChI=1S/C7H11Br3/c1-7(10)4-2-3-5(8)6(7)9/h5-6H,2-4H2,1H3. The molecule has 0 heterocycles. The maximum absolute atomic E-state index is 3.72. The zero-order valence-electron chi connectivity index (χ0n) is 5.91. The van der Waals surface area contributed by atoms with Crippen LogP contribution in [0.1, 0.15) is 26.2 Å². The van der Waals surface area contributed by atoms with Gasteiger partial charge in [-0.25, -0.2) is 0 Å². The molecule has 0 spiro atoms. The molecule has 1 fully saturated rings. The lowest BCUT2D eigenvalue weighted by Crippen LogP contribution is -2.38. The van der Waals surface area contributed by atoms with Crippen molar-refractivity contribution in [2.45, 2.75) is 40.2 Å². The maximum atomic E-state index is 3.72. The first kappa shape index (κ1) is 9.53. The molecule has 1 aliphatic rings. The SMILES string of the molecule is CC1(Br)CCCC(Br)C1Br. The van der Waals surface area contributed by atoms with Crippen LogP contribution >= 0.6 is 47.8 Å². The van der Waals surface area contributed by atoms with E-state index in [0.717, 1.165) is 0 Å². The van der Waals surface area contributed by atoms with E-state index in [1.54, 1.807) is 0 Å². The highest BCUT2D eigenvalue weighted by molar-refractivity contribution is 9.14. The first-order valence-electron chi connectivity index (χ1n) is 3.51. The van der Waals surface area contributed by atoms with E-state index in [-0.39, 0.29) is 0 Å². The Morgan fingerprint density at radius 3 is 2.40 bits per heavy atom. The van der Waals surface area contributed by atoms with Crippen molar-refractivity contribution in [2.24, 2.45) is 0 Å². The van der Waals surface area contributed by atoms with E-state index >= 15 is 0 Å². The largest absolute Gasteiger partial charge is 0.0878 e. The van der Waals surface area contributed by atoms with Gasteiger partial charge in [0.05, 0.1) is 0 Å². The Balaban J connectivity index is 2.60. The Labute approximate surface area is 87.5 Å². The lowest BCUT2D eigenvalue weighted by molar-refractivity contribution is 0.460. The van der Waals surface area contributed by atoms with Crippen LogP contribution in [0.4, 0.5) is 0 Å². The zero-order valence-corrected chi connectivity index (χ0v) is 10.7. The first-order valence-corrected chi connectivity index (χ1v) is 6.13. The molecule has 0 N–H and O–H groups in total. The zero-order chi connectivity index (χ0) is 7.78. The molecule has 0 radical (unpaired) electrons. The van der Waals surface area contributed by atoms with Gasteiger partial charge in [-0.3, -0.25) is 0 Å². The van der Waals surface area contributed by atoms with Crippen molar-refractivity contribution in [1.29, 1.82) is 0 Å². The average Bonchev–Trinajstić information content (AvgIpc) is 1.83. The Morgan fingerprint density at radius 1 is 1.40 bits per heavy atom. The van der Waals surface area contributed by atoms with Gasteiger partial charge in [0, 0.05) is 14.0 Å². The minimum absolute atomic E-state index is 0.291. The lowest BCUT2D eigenvalue weighted by atomic mass is 9.90. The highest BCUT2D eigenvalue weighted by atomic mass is 79.9. The predicted molar refractivity (Wildman–Crippen MR) is 56.6 cm³/mol. The van der Waals surface area contributed by atoms with E-state index in [0.29, 0.717) is 14.0 Å². The number of halogens is 3. The van der Waals surface area contributed by atoms with Gasteiger partial charge in [0.25, 0.3) is 0 Å². The van der Waals surface area contributed by atoms with Crippen LogP contribution in [0.2, 0.25) is 0 Å². The fourth-order valence-corrected chi connectivity index (χ4v) is 3.66. The third-order valence-electron chi connectivity index (χ3n) is 2.04. The summed E-state index contributed by atoms with van der Waals surface area (Å²) >= 11 is 11.1. The topological polar surface area (TPSA) is 0 Å². The summed E-state index contributed by atoms with van der Waals surface area (Å²) in [5, 5.41) is 0. The summed E-state index contributed by atoms with van der Waals surface area (Å²) < 4.78 is 0.291. The normalized spacial score (nSPS) is 49.2. The Kier molecular flexibility index (Phi) is 3.28. The van der Waals surface area contributed by atoms with Gasteiger partial charge in [-0.2, -0.15) is 0 Å². The highest BCUT2D eigenvalue weighted by Crippen LogP contribution is 2.42. The van der Waals surface area contributed by atoms with Crippen LogP contribution in [0.15, 0.2) is 0 Å². The molecule has 0 aromatic heterocycles. The molecule has 1 aliphatic carbocycles. The summed E-state index contributed by atoms with van der Waals surface area (Å²) in [5.41, 5.74) is 0. The van der Waals surface area contributed by atoms with Crippen molar-refractivity contribution in [3.63, 3.8) is 0 Å². The molecule has 0 aromatic carbocycles. The molecular formula is C7H11Br3. The quantitative estimate of drug-likeness (QED) is 0.590. The van der Waals surface area contributed by atoms with Crippen LogP contribution in [0.25, 0.3) is 0 Å². The predicted octanol–water partition coefficient (Wildman–Crippen LogP) is 3.85. The molecule has 0 aliphatic heterocycles. The van der Waals surface area contributed by atoms with E-state index in [9.17, 15) is 0 Å². The van der Waals surface area contributed by atoms with Crippen molar-refractivity contribution in [3.05, 3.63) is 0 Å². The summed E-state index contributed by atoms with van der Waals surface area (Å²) in [6, 6.07) is 0. The molecule has 60 valence electrons. The molecule has 3 heteroatoms. The fraction of sp³-hybridized carbons (Fsp3) is 1.00. The second-order valence-electron chi connectivity index (χ2n) is 3.09. The molecule has 0 aromatic rings. The van der Waals surface area contributed by atoms with Crippen LogP contribution in [-0.2, 0) is 0 Å². The number of hydrogen-bond acceptors (Lipinski definition) is 0. The van der Waals surface area contributed by atoms with Crippen molar-refractivity contribution in [2.75, 3.05) is 0 Å². The number of alkyl halides is 3. The molecule has 0 nitrogen and oxygen atoms in total. The average molecular weight is 335 g/mol. The van der Waals surface area contributed by atoms with Gasteiger partial charge < -0.3 is 0 Å². The molecule has 3 unspecified atom stereocenters. The van der Waals surface area contributed by atoms with Crippen LogP contribution in [0, 0.1) is 0 Å². The number of hydrogen-bond donors (Lipinski definition) is 0. The van der Waals surface area contributed by atoms with Gasteiger partial charge in [0.15, 0.2) is 0 Å². The molecule has 0 saturated heterocycles. The summed E-state index contributed by atoms with van der Waals surface area (Å²) in [5.74, 6) is 0. The van der Waals surface area contributed by atoms with Crippen molar-refractivity contribution in [1.82, 2.24) is 0 Å². The van der Waals surface area contributed by atoms with Crippen LogP contribution in [0.3, 0.4) is 0 Å². The van der Waals surface area contributed by atoms with Gasteiger partial charge in [0.2, 0.25) is 0 Å². The summed E-state index contributed by atoms with van der Waals surface area (Å²) in [6.45, 7) is 2.25. The molecule has 0 amide bonds. The summed E-state index contributed by atoms with van der Waals surface area (Å²) in [6.07, 6.45) is 3.88. The van der Waals surface area contributed by atoms with Crippen LogP contribution < -0.4 is 0 Å². The second kappa shape index (κ2) is 3.44. The van der Waals surface area contributed by atoms with Gasteiger partial charge in [-0.05, 0) is 19.8 Å². The van der Waals surface area contributed by atoms with E-state index in [2.05, 4.69) is 54.7 Å². The third kappa shape index (κ3) is 1.98. The Hall–Kier alpha value is 1.44. The number of rotatable bonds is 0. The van der Waals surface area contributed by atoms with Crippen LogP contribution in [-0.4, -0.2) is 14.0 Å². The van der Waals surface area contributed by atoms with Gasteiger partial charge in [0.1, 0.15) is 0 Å². The monoisotopic (exact) mass is 332 g/mol.